The van der Waals surface area contributed by atoms with Gasteiger partial charge in [-0.15, -0.1) is 0 Å². The third-order valence-electron chi connectivity index (χ3n) is 2.21. The maximum atomic E-state index is 11.5. The number of carbonyl (C=O) groups excluding carboxylic acids is 1. The average Bonchev–Trinajstić information content (AvgIpc) is 2.07. The van der Waals surface area contributed by atoms with E-state index in [-0.39, 0.29) is 18.1 Å². The Hall–Kier alpha value is -0.610. The van der Waals surface area contributed by atoms with E-state index in [1.165, 1.54) is 0 Å². The fourth-order valence-electron chi connectivity index (χ4n) is 1.21. The normalized spacial score (nSPS) is 30.9. The third kappa shape index (κ3) is 1.76. The molecule has 2 atom stereocenters. The number of ether oxygens (including phenoxy) is 1. The number of carbonyl (C=O) groups is 1. The van der Waals surface area contributed by atoms with E-state index in [1.807, 2.05) is 21.0 Å². The lowest BCUT2D eigenvalue weighted by Gasteiger charge is -2.34. The Morgan fingerprint density at radius 1 is 1.75 bits per heavy atom. The van der Waals surface area contributed by atoms with Gasteiger partial charge < -0.3 is 15.0 Å². The van der Waals surface area contributed by atoms with Gasteiger partial charge >= 0.3 is 0 Å². The standard InChI is InChI=1S/C8H16N2O2/c1-6-5-12-7(4-9-2)8(11)10(6)3/h6-7,9H,4-5H2,1-3H3. The molecule has 70 valence electrons. The Balaban J connectivity index is 2.53. The molecule has 4 nitrogen and oxygen atoms in total. The second-order valence-corrected chi connectivity index (χ2v) is 3.18. The second kappa shape index (κ2) is 3.87. The molecule has 12 heavy (non-hydrogen) atoms. The zero-order valence-electron chi connectivity index (χ0n) is 7.83. The molecule has 0 bridgehead atoms. The molecule has 0 aromatic heterocycles. The highest BCUT2D eigenvalue weighted by atomic mass is 16.5. The summed E-state index contributed by atoms with van der Waals surface area (Å²) in [5.74, 6) is 0.0723. The lowest BCUT2D eigenvalue weighted by atomic mass is 10.2. The zero-order chi connectivity index (χ0) is 9.14. The average molecular weight is 172 g/mol. The van der Waals surface area contributed by atoms with Crippen molar-refractivity contribution in [2.24, 2.45) is 0 Å². The van der Waals surface area contributed by atoms with Crippen LogP contribution in [-0.2, 0) is 9.53 Å². The second-order valence-electron chi connectivity index (χ2n) is 3.18. The summed E-state index contributed by atoms with van der Waals surface area (Å²) in [4.78, 5) is 13.2. The summed E-state index contributed by atoms with van der Waals surface area (Å²) in [6.45, 7) is 3.21. The SMILES string of the molecule is CNCC1OCC(C)N(C)C1=O. The fraction of sp³-hybridized carbons (Fsp3) is 0.875. The van der Waals surface area contributed by atoms with Gasteiger partial charge in [-0.25, -0.2) is 0 Å². The van der Waals surface area contributed by atoms with Crippen LogP contribution < -0.4 is 5.32 Å². The molecule has 1 saturated heterocycles. The van der Waals surface area contributed by atoms with Crippen LogP contribution in [0.2, 0.25) is 0 Å². The predicted octanol–water partition coefficient (Wildman–Crippen LogP) is -0.548. The maximum absolute atomic E-state index is 11.5. The molecule has 1 fully saturated rings. The first-order valence-corrected chi connectivity index (χ1v) is 4.19. The Kier molecular flexibility index (Phi) is 3.05. The first-order valence-electron chi connectivity index (χ1n) is 4.19. The lowest BCUT2D eigenvalue weighted by Crippen LogP contribution is -2.53. The van der Waals surface area contributed by atoms with Crippen LogP contribution in [0.5, 0.6) is 0 Å². The van der Waals surface area contributed by atoms with Gasteiger partial charge in [-0.1, -0.05) is 0 Å². The zero-order valence-corrected chi connectivity index (χ0v) is 7.83. The summed E-state index contributed by atoms with van der Waals surface area (Å²) in [6, 6.07) is 0.200. The van der Waals surface area contributed by atoms with E-state index >= 15 is 0 Å². The number of rotatable bonds is 2. The molecule has 0 spiro atoms. The first kappa shape index (κ1) is 9.48. The number of hydrogen-bond donors (Lipinski definition) is 1. The van der Waals surface area contributed by atoms with Gasteiger partial charge in [-0.3, -0.25) is 4.79 Å². The summed E-state index contributed by atoms with van der Waals surface area (Å²) in [5, 5.41) is 2.93. The molecule has 0 aromatic rings. The summed E-state index contributed by atoms with van der Waals surface area (Å²) >= 11 is 0. The van der Waals surface area contributed by atoms with Crippen molar-refractivity contribution in [3.8, 4) is 0 Å². The molecule has 1 aliphatic rings. The number of morpholine rings is 1. The van der Waals surface area contributed by atoms with Crippen LogP contribution in [0.1, 0.15) is 6.92 Å². The van der Waals surface area contributed by atoms with Crippen LogP contribution in [0.15, 0.2) is 0 Å². The summed E-state index contributed by atoms with van der Waals surface area (Å²) in [6.07, 6.45) is -0.295. The molecular formula is C8H16N2O2. The summed E-state index contributed by atoms with van der Waals surface area (Å²) in [5.41, 5.74) is 0. The first-order chi connectivity index (χ1) is 5.66. The van der Waals surface area contributed by atoms with Crippen molar-refractivity contribution >= 4 is 5.91 Å². The number of amides is 1. The van der Waals surface area contributed by atoms with Crippen LogP contribution >= 0.6 is 0 Å². The van der Waals surface area contributed by atoms with Crippen molar-refractivity contribution in [3.63, 3.8) is 0 Å². The predicted molar refractivity (Wildman–Crippen MR) is 45.9 cm³/mol. The van der Waals surface area contributed by atoms with Gasteiger partial charge in [0.25, 0.3) is 5.91 Å². The van der Waals surface area contributed by atoms with Crippen molar-refractivity contribution in [1.82, 2.24) is 10.2 Å². The van der Waals surface area contributed by atoms with Gasteiger partial charge in [0.05, 0.1) is 12.6 Å². The van der Waals surface area contributed by atoms with E-state index in [2.05, 4.69) is 5.32 Å². The summed E-state index contributed by atoms with van der Waals surface area (Å²) < 4.78 is 5.36. The van der Waals surface area contributed by atoms with E-state index in [0.29, 0.717) is 13.2 Å². The van der Waals surface area contributed by atoms with E-state index in [9.17, 15) is 4.79 Å². The van der Waals surface area contributed by atoms with Gasteiger partial charge in [0.15, 0.2) is 0 Å². The van der Waals surface area contributed by atoms with E-state index in [1.54, 1.807) is 4.90 Å². The molecule has 0 radical (unpaired) electrons. The van der Waals surface area contributed by atoms with Crippen LogP contribution in [0.4, 0.5) is 0 Å². The molecule has 1 aliphatic heterocycles. The minimum Gasteiger partial charge on any atom is -0.365 e. The molecule has 2 unspecified atom stereocenters. The number of nitrogens with one attached hydrogen (secondary N) is 1. The molecule has 4 heteroatoms. The van der Waals surface area contributed by atoms with Gasteiger partial charge in [-0.2, -0.15) is 0 Å². The monoisotopic (exact) mass is 172 g/mol. The highest BCUT2D eigenvalue weighted by Gasteiger charge is 2.30. The highest BCUT2D eigenvalue weighted by molar-refractivity contribution is 5.81. The van der Waals surface area contributed by atoms with E-state index < -0.39 is 0 Å². The Labute approximate surface area is 72.9 Å². The molecule has 0 aromatic carbocycles. The van der Waals surface area contributed by atoms with Crippen molar-refractivity contribution in [2.45, 2.75) is 19.1 Å². The smallest absolute Gasteiger partial charge is 0.253 e. The van der Waals surface area contributed by atoms with Crippen molar-refractivity contribution in [2.75, 3.05) is 27.2 Å². The molecular weight excluding hydrogens is 156 g/mol. The Morgan fingerprint density at radius 2 is 2.42 bits per heavy atom. The molecule has 1 rings (SSSR count). The van der Waals surface area contributed by atoms with Gasteiger partial charge in [0.1, 0.15) is 6.10 Å². The van der Waals surface area contributed by atoms with Crippen molar-refractivity contribution in [3.05, 3.63) is 0 Å². The lowest BCUT2D eigenvalue weighted by molar-refractivity contribution is -0.155. The minimum atomic E-state index is -0.295. The minimum absolute atomic E-state index is 0.0723. The quantitative estimate of drug-likeness (QED) is 0.607. The fourth-order valence-corrected chi connectivity index (χ4v) is 1.21. The topological polar surface area (TPSA) is 41.6 Å². The van der Waals surface area contributed by atoms with Gasteiger partial charge in [-0.05, 0) is 14.0 Å². The van der Waals surface area contributed by atoms with Crippen LogP contribution in [0, 0.1) is 0 Å². The largest absolute Gasteiger partial charge is 0.365 e. The van der Waals surface area contributed by atoms with Gasteiger partial charge in [0.2, 0.25) is 0 Å². The van der Waals surface area contributed by atoms with E-state index in [4.69, 9.17) is 4.74 Å². The maximum Gasteiger partial charge on any atom is 0.253 e. The van der Waals surface area contributed by atoms with E-state index in [0.717, 1.165) is 0 Å². The molecule has 1 amide bonds. The van der Waals surface area contributed by atoms with Crippen LogP contribution in [0.25, 0.3) is 0 Å². The number of hydrogen-bond acceptors (Lipinski definition) is 3. The number of nitrogens with zero attached hydrogens (tertiary/aromatic N) is 1. The summed E-state index contributed by atoms with van der Waals surface area (Å²) in [7, 11) is 3.63. The van der Waals surface area contributed by atoms with Crippen molar-refractivity contribution in [1.29, 1.82) is 0 Å². The van der Waals surface area contributed by atoms with Crippen molar-refractivity contribution < 1.29 is 9.53 Å². The molecule has 1 N–H and O–H groups in total. The highest BCUT2D eigenvalue weighted by Crippen LogP contribution is 2.09. The molecule has 1 heterocycles. The molecule has 0 aliphatic carbocycles. The molecule has 0 saturated carbocycles. The number of likely N-dealkylation sites (N-methyl/N-ethyl adjacent to an activating group) is 2. The Bertz CT molecular complexity index is 172. The van der Waals surface area contributed by atoms with Crippen LogP contribution in [-0.4, -0.2) is 50.2 Å². The Morgan fingerprint density at radius 3 is 3.00 bits per heavy atom. The third-order valence-corrected chi connectivity index (χ3v) is 2.21. The van der Waals surface area contributed by atoms with Gasteiger partial charge in [0, 0.05) is 13.6 Å². The van der Waals surface area contributed by atoms with Crippen LogP contribution in [0.3, 0.4) is 0 Å².